The summed E-state index contributed by atoms with van der Waals surface area (Å²) in [5.41, 5.74) is 1.94. The normalized spacial score (nSPS) is 27.6. The van der Waals surface area contributed by atoms with Crippen LogP contribution in [0.1, 0.15) is 61.7 Å². The molecule has 1 saturated carbocycles. The van der Waals surface area contributed by atoms with Crippen LogP contribution in [-0.2, 0) is 14.3 Å². The Labute approximate surface area is 176 Å². The van der Waals surface area contributed by atoms with E-state index < -0.39 is 5.97 Å². The standard InChI is InChI=1S/C23H29N3O4/c27-21(26-12-3-6-15-5-1-2-7-18(15)26)14-30-23(29)16-9-10-19-17(13-16)24-22(28)20-8-4-11-25(19)20/h9-10,13,15,18,20H,1-8,11-12,14H2,(H,24,28)/t15-,18-,20+/m0/s1. The number of likely N-dealkylation sites (tertiary alicyclic amines) is 1. The van der Waals surface area contributed by atoms with Crippen LogP contribution in [0, 0.1) is 5.92 Å². The Balaban J connectivity index is 1.23. The van der Waals surface area contributed by atoms with Crippen molar-refractivity contribution in [3.8, 4) is 0 Å². The first-order valence-corrected chi connectivity index (χ1v) is 11.3. The molecular formula is C23H29N3O4. The van der Waals surface area contributed by atoms with Crippen LogP contribution >= 0.6 is 0 Å². The summed E-state index contributed by atoms with van der Waals surface area (Å²) in [6, 6.07) is 5.44. The summed E-state index contributed by atoms with van der Waals surface area (Å²) in [7, 11) is 0. The number of esters is 1. The molecule has 0 spiro atoms. The highest BCUT2D eigenvalue weighted by atomic mass is 16.5. The summed E-state index contributed by atoms with van der Waals surface area (Å²) in [6.07, 6.45) is 8.77. The lowest BCUT2D eigenvalue weighted by Crippen LogP contribution is -2.50. The number of anilines is 2. The molecule has 1 N–H and O–H groups in total. The molecule has 5 rings (SSSR count). The fourth-order valence-electron chi connectivity index (χ4n) is 5.79. The number of rotatable bonds is 3. The first-order valence-electron chi connectivity index (χ1n) is 11.3. The first kappa shape index (κ1) is 19.4. The molecule has 1 aromatic carbocycles. The average molecular weight is 412 g/mol. The highest BCUT2D eigenvalue weighted by Crippen LogP contribution is 2.37. The monoisotopic (exact) mass is 411 g/mol. The molecule has 0 bridgehead atoms. The van der Waals surface area contributed by atoms with Gasteiger partial charge in [0.1, 0.15) is 6.04 Å². The third kappa shape index (κ3) is 3.44. The van der Waals surface area contributed by atoms with E-state index in [1.807, 2.05) is 11.0 Å². The number of nitrogens with one attached hydrogen (secondary N) is 1. The maximum absolute atomic E-state index is 12.8. The molecule has 1 aliphatic carbocycles. The van der Waals surface area contributed by atoms with E-state index in [1.54, 1.807) is 12.1 Å². The van der Waals surface area contributed by atoms with Crippen LogP contribution in [0.3, 0.4) is 0 Å². The van der Waals surface area contributed by atoms with Crippen molar-refractivity contribution >= 4 is 29.2 Å². The Morgan fingerprint density at radius 2 is 1.83 bits per heavy atom. The van der Waals surface area contributed by atoms with E-state index in [1.165, 1.54) is 25.7 Å². The van der Waals surface area contributed by atoms with E-state index in [9.17, 15) is 14.4 Å². The minimum Gasteiger partial charge on any atom is -0.452 e. The third-order valence-electron chi connectivity index (χ3n) is 7.25. The highest BCUT2D eigenvalue weighted by Gasteiger charge is 2.37. The highest BCUT2D eigenvalue weighted by molar-refractivity contribution is 6.05. The van der Waals surface area contributed by atoms with Crippen molar-refractivity contribution in [2.75, 3.05) is 29.9 Å². The number of ether oxygens (including phenoxy) is 1. The van der Waals surface area contributed by atoms with E-state index in [0.717, 1.165) is 44.5 Å². The van der Waals surface area contributed by atoms with Crippen LogP contribution in [0.4, 0.5) is 11.4 Å². The number of hydrogen-bond acceptors (Lipinski definition) is 5. The summed E-state index contributed by atoms with van der Waals surface area (Å²) in [6.45, 7) is 1.39. The van der Waals surface area contributed by atoms with Gasteiger partial charge < -0.3 is 19.9 Å². The van der Waals surface area contributed by atoms with Crippen molar-refractivity contribution in [1.29, 1.82) is 0 Å². The van der Waals surface area contributed by atoms with Gasteiger partial charge in [-0.25, -0.2) is 4.79 Å². The van der Waals surface area contributed by atoms with Crippen LogP contribution in [0.25, 0.3) is 0 Å². The first-order chi connectivity index (χ1) is 14.6. The van der Waals surface area contributed by atoms with Crippen LogP contribution in [0.2, 0.25) is 0 Å². The predicted octanol–water partition coefficient (Wildman–Crippen LogP) is 2.95. The SMILES string of the molecule is O=C(OCC(=O)N1CCC[C@@H]2CCCC[C@@H]21)c1ccc2c(c1)NC(=O)[C@H]1CCCN21. The van der Waals surface area contributed by atoms with Gasteiger partial charge >= 0.3 is 5.97 Å². The summed E-state index contributed by atoms with van der Waals surface area (Å²) >= 11 is 0. The number of carbonyl (C=O) groups excluding carboxylic acids is 3. The Morgan fingerprint density at radius 3 is 2.73 bits per heavy atom. The Kier molecular flexibility index (Phi) is 5.13. The number of fused-ring (bicyclic) bond motifs is 4. The zero-order valence-electron chi connectivity index (χ0n) is 17.3. The van der Waals surface area contributed by atoms with Gasteiger partial charge in [0.05, 0.1) is 16.9 Å². The summed E-state index contributed by atoms with van der Waals surface area (Å²) in [4.78, 5) is 41.7. The molecule has 7 nitrogen and oxygen atoms in total. The minimum absolute atomic E-state index is 0.0205. The zero-order valence-corrected chi connectivity index (χ0v) is 17.3. The van der Waals surface area contributed by atoms with E-state index in [2.05, 4.69) is 10.2 Å². The van der Waals surface area contributed by atoms with E-state index >= 15 is 0 Å². The number of piperidine rings is 1. The van der Waals surface area contributed by atoms with Crippen molar-refractivity contribution < 1.29 is 19.1 Å². The maximum atomic E-state index is 12.8. The van der Waals surface area contributed by atoms with Gasteiger partial charge in [0.2, 0.25) is 5.91 Å². The van der Waals surface area contributed by atoms with Gasteiger partial charge in [-0.3, -0.25) is 9.59 Å². The van der Waals surface area contributed by atoms with Crippen molar-refractivity contribution in [1.82, 2.24) is 4.90 Å². The van der Waals surface area contributed by atoms with Gasteiger partial charge in [-0.15, -0.1) is 0 Å². The maximum Gasteiger partial charge on any atom is 0.338 e. The molecule has 160 valence electrons. The molecule has 30 heavy (non-hydrogen) atoms. The molecule has 2 amide bonds. The molecule has 3 fully saturated rings. The number of hydrogen-bond donors (Lipinski definition) is 1. The second-order valence-corrected chi connectivity index (χ2v) is 8.99. The fourth-order valence-corrected chi connectivity index (χ4v) is 5.79. The Hall–Kier alpha value is -2.57. The molecule has 4 aliphatic rings. The summed E-state index contributed by atoms with van der Waals surface area (Å²) in [5, 5.41) is 2.91. The quantitative estimate of drug-likeness (QED) is 0.774. The minimum atomic E-state index is -0.527. The Morgan fingerprint density at radius 1 is 1.03 bits per heavy atom. The molecule has 0 aromatic heterocycles. The summed E-state index contributed by atoms with van der Waals surface area (Å²) < 4.78 is 5.37. The van der Waals surface area contributed by atoms with Gasteiger partial charge in [-0.05, 0) is 62.6 Å². The van der Waals surface area contributed by atoms with Gasteiger partial charge in [0, 0.05) is 19.1 Å². The molecule has 0 radical (unpaired) electrons. The van der Waals surface area contributed by atoms with Crippen LogP contribution < -0.4 is 10.2 Å². The number of carbonyl (C=O) groups is 3. The number of benzene rings is 1. The lowest BCUT2D eigenvalue weighted by atomic mass is 9.78. The van der Waals surface area contributed by atoms with Crippen LogP contribution in [-0.4, -0.2) is 54.5 Å². The zero-order chi connectivity index (χ0) is 20.7. The van der Waals surface area contributed by atoms with Crippen molar-refractivity contribution in [2.24, 2.45) is 5.92 Å². The summed E-state index contributed by atoms with van der Waals surface area (Å²) in [5.74, 6) is -0.0362. The van der Waals surface area contributed by atoms with Gasteiger partial charge in [-0.2, -0.15) is 0 Å². The number of nitrogens with zero attached hydrogens (tertiary/aromatic N) is 2. The van der Waals surface area contributed by atoms with Crippen molar-refractivity contribution in [2.45, 2.75) is 63.5 Å². The van der Waals surface area contributed by atoms with Crippen LogP contribution in [0.15, 0.2) is 18.2 Å². The molecule has 3 heterocycles. The van der Waals surface area contributed by atoms with E-state index in [0.29, 0.717) is 23.2 Å². The fraction of sp³-hybridized carbons (Fsp3) is 0.609. The van der Waals surface area contributed by atoms with Crippen LogP contribution in [0.5, 0.6) is 0 Å². The van der Waals surface area contributed by atoms with Gasteiger partial charge in [0.15, 0.2) is 6.61 Å². The molecule has 7 heteroatoms. The molecular weight excluding hydrogens is 382 g/mol. The number of amides is 2. The largest absolute Gasteiger partial charge is 0.452 e. The molecule has 1 aromatic rings. The van der Waals surface area contributed by atoms with E-state index in [-0.39, 0.29) is 24.5 Å². The predicted molar refractivity (Wildman–Crippen MR) is 112 cm³/mol. The molecule has 0 unspecified atom stereocenters. The van der Waals surface area contributed by atoms with Gasteiger partial charge in [0.25, 0.3) is 5.91 Å². The Bertz CT molecular complexity index is 868. The van der Waals surface area contributed by atoms with Gasteiger partial charge in [-0.1, -0.05) is 12.8 Å². The third-order valence-corrected chi connectivity index (χ3v) is 7.25. The second kappa shape index (κ2) is 7.93. The smallest absolute Gasteiger partial charge is 0.338 e. The van der Waals surface area contributed by atoms with E-state index in [4.69, 9.17) is 4.74 Å². The topological polar surface area (TPSA) is 79.0 Å². The lowest BCUT2D eigenvalue weighted by molar-refractivity contribution is -0.140. The second-order valence-electron chi connectivity index (χ2n) is 8.99. The average Bonchev–Trinajstić information content (AvgIpc) is 3.27. The molecule has 3 aliphatic heterocycles. The lowest BCUT2D eigenvalue weighted by Gasteiger charge is -2.44. The van der Waals surface area contributed by atoms with Crippen molar-refractivity contribution in [3.05, 3.63) is 23.8 Å². The van der Waals surface area contributed by atoms with Crippen molar-refractivity contribution in [3.63, 3.8) is 0 Å². The molecule has 2 saturated heterocycles. The molecule has 3 atom stereocenters.